The zero-order chi connectivity index (χ0) is 10.7. The third-order valence-corrected chi connectivity index (χ3v) is 1.55. The fourth-order valence-corrected chi connectivity index (χ4v) is 0.928. The molecule has 0 aliphatic carbocycles. The number of carbonyl (C=O) groups excluding carboxylic acids is 1. The van der Waals surface area contributed by atoms with Gasteiger partial charge in [0.05, 0.1) is 0 Å². The van der Waals surface area contributed by atoms with Gasteiger partial charge >= 0.3 is 11.7 Å². The Morgan fingerprint density at radius 3 is 2.64 bits per heavy atom. The van der Waals surface area contributed by atoms with Crippen molar-refractivity contribution in [3.8, 4) is 0 Å². The summed E-state index contributed by atoms with van der Waals surface area (Å²) in [4.78, 5) is 37.8. The predicted octanol–water partition coefficient (Wildman–Crippen LogP) is -1.14. The minimum Gasteiger partial charge on any atom is -0.480 e. The molecule has 3 N–H and O–H groups in total. The van der Waals surface area contributed by atoms with Crippen LogP contribution in [0.4, 0.5) is 0 Å². The molecule has 7 nitrogen and oxygen atoms in total. The summed E-state index contributed by atoms with van der Waals surface area (Å²) < 4.78 is 0. The van der Waals surface area contributed by atoms with E-state index in [2.05, 4.69) is 9.97 Å². The van der Waals surface area contributed by atoms with E-state index in [1.54, 1.807) is 0 Å². The number of rotatable bonds is 3. The van der Waals surface area contributed by atoms with Crippen molar-refractivity contribution in [2.45, 2.75) is 0 Å². The molecular weight excluding hydrogens is 190 g/mol. The molecule has 1 rings (SSSR count). The van der Waals surface area contributed by atoms with E-state index in [9.17, 15) is 14.4 Å². The van der Waals surface area contributed by atoms with Gasteiger partial charge in [0, 0.05) is 13.2 Å². The van der Waals surface area contributed by atoms with Crippen molar-refractivity contribution >= 4 is 11.9 Å². The molecule has 1 aromatic rings. The van der Waals surface area contributed by atoms with Gasteiger partial charge in [-0.25, -0.2) is 4.79 Å². The van der Waals surface area contributed by atoms with Crippen molar-refractivity contribution < 1.29 is 14.7 Å². The van der Waals surface area contributed by atoms with E-state index in [1.807, 2.05) is 0 Å². The number of aromatic amines is 2. The highest BCUT2D eigenvalue weighted by Gasteiger charge is 2.15. The first-order chi connectivity index (χ1) is 6.50. The molecule has 7 heteroatoms. The Labute approximate surface area is 78.4 Å². The maximum atomic E-state index is 11.4. The topological polar surface area (TPSA) is 106 Å². The second-order valence-corrected chi connectivity index (χ2v) is 2.71. The Kier molecular flexibility index (Phi) is 2.70. The molecule has 0 aliphatic heterocycles. The van der Waals surface area contributed by atoms with Crippen LogP contribution in [0.25, 0.3) is 0 Å². The van der Waals surface area contributed by atoms with Crippen LogP contribution >= 0.6 is 0 Å². The zero-order valence-corrected chi connectivity index (χ0v) is 7.40. The molecule has 14 heavy (non-hydrogen) atoms. The Balaban J connectivity index is 2.75. The van der Waals surface area contributed by atoms with Crippen LogP contribution in [-0.4, -0.2) is 45.4 Å². The fraction of sp³-hybridized carbons (Fsp3) is 0.286. The first kappa shape index (κ1) is 10.0. The van der Waals surface area contributed by atoms with Crippen molar-refractivity contribution in [1.82, 2.24) is 14.9 Å². The molecule has 0 radical (unpaired) electrons. The first-order valence-corrected chi connectivity index (χ1v) is 3.75. The highest BCUT2D eigenvalue weighted by Crippen LogP contribution is 1.95. The molecule has 0 fully saturated rings. The van der Waals surface area contributed by atoms with E-state index < -0.39 is 24.1 Å². The molecule has 0 saturated heterocycles. The Bertz CT molecular complexity index is 405. The van der Waals surface area contributed by atoms with Gasteiger partial charge < -0.3 is 20.0 Å². The summed E-state index contributed by atoms with van der Waals surface area (Å²) in [5.74, 6) is -1.66. The van der Waals surface area contributed by atoms with Gasteiger partial charge in [0.15, 0.2) is 0 Å². The van der Waals surface area contributed by atoms with Gasteiger partial charge in [-0.3, -0.25) is 9.59 Å². The van der Waals surface area contributed by atoms with Crippen molar-refractivity contribution in [2.24, 2.45) is 0 Å². The average molecular weight is 199 g/mol. The van der Waals surface area contributed by atoms with Crippen molar-refractivity contribution in [2.75, 3.05) is 13.6 Å². The van der Waals surface area contributed by atoms with Crippen LogP contribution in [0.3, 0.4) is 0 Å². The van der Waals surface area contributed by atoms with E-state index >= 15 is 0 Å². The summed E-state index contributed by atoms with van der Waals surface area (Å²) in [5, 5.41) is 8.41. The number of carboxylic acids is 1. The number of imidazole rings is 1. The quantitative estimate of drug-likeness (QED) is 0.572. The lowest BCUT2D eigenvalue weighted by molar-refractivity contribution is -0.137. The third-order valence-electron chi connectivity index (χ3n) is 1.55. The molecule has 1 aromatic heterocycles. The Morgan fingerprint density at radius 2 is 2.21 bits per heavy atom. The number of carboxylic acid groups (broad SMARTS) is 1. The van der Waals surface area contributed by atoms with Crippen LogP contribution in [0.2, 0.25) is 0 Å². The van der Waals surface area contributed by atoms with Gasteiger partial charge in [-0.15, -0.1) is 0 Å². The summed E-state index contributed by atoms with van der Waals surface area (Å²) in [6.45, 7) is -0.411. The molecule has 0 aliphatic rings. The molecule has 0 aromatic carbocycles. The molecule has 1 amide bonds. The van der Waals surface area contributed by atoms with Crippen LogP contribution in [0.15, 0.2) is 11.0 Å². The van der Waals surface area contributed by atoms with E-state index in [4.69, 9.17) is 5.11 Å². The number of hydrogen-bond donors (Lipinski definition) is 3. The maximum absolute atomic E-state index is 11.4. The highest BCUT2D eigenvalue weighted by molar-refractivity contribution is 5.93. The fourth-order valence-electron chi connectivity index (χ4n) is 0.928. The summed E-state index contributed by atoms with van der Waals surface area (Å²) in [6, 6.07) is 0. The van der Waals surface area contributed by atoms with Gasteiger partial charge in [-0.05, 0) is 0 Å². The number of amides is 1. The number of nitrogens with one attached hydrogen (secondary N) is 2. The molecule has 0 saturated carbocycles. The zero-order valence-electron chi connectivity index (χ0n) is 7.40. The van der Waals surface area contributed by atoms with Gasteiger partial charge in [0.25, 0.3) is 5.91 Å². The van der Waals surface area contributed by atoms with Crippen LogP contribution in [0.5, 0.6) is 0 Å². The number of H-pyrrole nitrogens is 2. The van der Waals surface area contributed by atoms with Crippen LogP contribution in [0.1, 0.15) is 10.5 Å². The number of aromatic nitrogens is 2. The van der Waals surface area contributed by atoms with Crippen molar-refractivity contribution in [1.29, 1.82) is 0 Å². The lowest BCUT2D eigenvalue weighted by Gasteiger charge is -2.12. The van der Waals surface area contributed by atoms with Crippen LogP contribution < -0.4 is 5.69 Å². The number of likely N-dealkylation sites (N-methyl/N-ethyl adjacent to an activating group) is 1. The van der Waals surface area contributed by atoms with Gasteiger partial charge in [-0.2, -0.15) is 0 Å². The predicted molar refractivity (Wildman–Crippen MR) is 46.0 cm³/mol. The number of hydrogen-bond acceptors (Lipinski definition) is 3. The summed E-state index contributed by atoms with van der Waals surface area (Å²) >= 11 is 0. The molecular formula is C7H9N3O4. The summed E-state index contributed by atoms with van der Waals surface area (Å²) in [7, 11) is 1.34. The second kappa shape index (κ2) is 3.77. The van der Waals surface area contributed by atoms with E-state index in [-0.39, 0.29) is 5.69 Å². The van der Waals surface area contributed by atoms with E-state index in [0.29, 0.717) is 0 Å². The van der Waals surface area contributed by atoms with Crippen LogP contribution in [-0.2, 0) is 4.79 Å². The van der Waals surface area contributed by atoms with Gasteiger partial charge in [0.2, 0.25) is 0 Å². The maximum Gasteiger partial charge on any atom is 0.323 e. The molecule has 0 spiro atoms. The largest absolute Gasteiger partial charge is 0.480 e. The average Bonchev–Trinajstić information content (AvgIpc) is 2.49. The summed E-state index contributed by atoms with van der Waals surface area (Å²) in [5.41, 5.74) is -0.462. The normalized spacial score (nSPS) is 9.79. The van der Waals surface area contributed by atoms with E-state index in [1.165, 1.54) is 13.2 Å². The smallest absolute Gasteiger partial charge is 0.323 e. The minimum absolute atomic E-state index is 0.0405. The standard InChI is InChI=1S/C7H9N3O4/c1-10(3-5(11)12)6(13)4-2-8-7(14)9-4/h2H,3H2,1H3,(H,11,12)(H2,8,9,14). The first-order valence-electron chi connectivity index (χ1n) is 3.75. The van der Waals surface area contributed by atoms with Crippen molar-refractivity contribution in [3.63, 3.8) is 0 Å². The monoisotopic (exact) mass is 199 g/mol. The van der Waals surface area contributed by atoms with Crippen molar-refractivity contribution in [3.05, 3.63) is 22.4 Å². The molecule has 0 unspecified atom stereocenters. The Morgan fingerprint density at radius 1 is 1.57 bits per heavy atom. The minimum atomic E-state index is -1.11. The molecule has 76 valence electrons. The highest BCUT2D eigenvalue weighted by atomic mass is 16.4. The van der Waals surface area contributed by atoms with Gasteiger partial charge in [0.1, 0.15) is 12.2 Å². The third kappa shape index (κ3) is 2.22. The SMILES string of the molecule is CN(CC(=O)O)C(=O)c1c[nH]c(=O)[nH]1. The van der Waals surface area contributed by atoms with Gasteiger partial charge in [-0.1, -0.05) is 0 Å². The second-order valence-electron chi connectivity index (χ2n) is 2.71. The van der Waals surface area contributed by atoms with Crippen LogP contribution in [0, 0.1) is 0 Å². The van der Waals surface area contributed by atoms with E-state index in [0.717, 1.165) is 4.90 Å². The Hall–Kier alpha value is -2.05. The lowest BCUT2D eigenvalue weighted by atomic mass is 10.4. The number of nitrogens with zero attached hydrogens (tertiary/aromatic N) is 1. The molecule has 0 atom stereocenters. The lowest BCUT2D eigenvalue weighted by Crippen LogP contribution is -2.32. The molecule has 0 bridgehead atoms. The summed E-state index contributed by atoms with van der Waals surface area (Å²) in [6.07, 6.45) is 1.20. The number of aliphatic carboxylic acids is 1. The number of carbonyl (C=O) groups is 2. The molecule has 1 heterocycles.